The minimum Gasteiger partial charge on any atom is -0.339 e. The summed E-state index contributed by atoms with van der Waals surface area (Å²) in [7, 11) is 0. The zero-order chi connectivity index (χ0) is 13.8. The van der Waals surface area contributed by atoms with Crippen molar-refractivity contribution in [1.29, 1.82) is 0 Å². The van der Waals surface area contributed by atoms with E-state index in [0.29, 0.717) is 17.3 Å². The number of hydrogen-bond donors (Lipinski definition) is 0. The van der Waals surface area contributed by atoms with Gasteiger partial charge in [0.25, 0.3) is 0 Å². The van der Waals surface area contributed by atoms with Crippen LogP contribution >= 0.6 is 11.6 Å². The van der Waals surface area contributed by atoms with Crippen molar-refractivity contribution in [1.82, 2.24) is 10.1 Å². The normalized spacial score (nSPS) is 12.6. The van der Waals surface area contributed by atoms with Crippen molar-refractivity contribution in [2.75, 3.05) is 0 Å². The van der Waals surface area contributed by atoms with E-state index in [0.717, 1.165) is 25.0 Å². The topological polar surface area (TPSA) is 38.9 Å². The van der Waals surface area contributed by atoms with Crippen LogP contribution in [0.25, 0.3) is 0 Å². The summed E-state index contributed by atoms with van der Waals surface area (Å²) in [6.45, 7) is 2.01. The molecular formula is C13H13ClF2N2O. The molecule has 19 heavy (non-hydrogen) atoms. The van der Waals surface area contributed by atoms with Crippen molar-refractivity contribution >= 4 is 11.6 Å². The molecule has 0 spiro atoms. The third-order valence-corrected chi connectivity index (χ3v) is 3.06. The minimum atomic E-state index is -0.890. The fourth-order valence-corrected chi connectivity index (χ4v) is 1.98. The molecule has 102 valence electrons. The van der Waals surface area contributed by atoms with Gasteiger partial charge in [0.2, 0.25) is 5.89 Å². The molecule has 0 aliphatic carbocycles. The summed E-state index contributed by atoms with van der Waals surface area (Å²) in [5, 5.41) is 3.50. The van der Waals surface area contributed by atoms with Gasteiger partial charge in [0.1, 0.15) is 0 Å². The third-order valence-electron chi connectivity index (χ3n) is 2.65. The Labute approximate surface area is 114 Å². The second-order valence-electron chi connectivity index (χ2n) is 4.23. The SMILES string of the molecule is CCCC(Cl)c1noc(Cc2ccc(F)c(F)c2)n1. The number of benzene rings is 1. The third kappa shape index (κ3) is 3.50. The van der Waals surface area contributed by atoms with Crippen LogP contribution in [0.3, 0.4) is 0 Å². The Kier molecular flexibility index (Phi) is 4.47. The maximum atomic E-state index is 13.1. The molecule has 1 unspecified atom stereocenters. The molecule has 2 rings (SSSR count). The smallest absolute Gasteiger partial charge is 0.231 e. The van der Waals surface area contributed by atoms with Gasteiger partial charge in [-0.15, -0.1) is 11.6 Å². The fraction of sp³-hybridized carbons (Fsp3) is 0.385. The first-order chi connectivity index (χ1) is 9.10. The fourth-order valence-electron chi connectivity index (χ4n) is 1.67. The summed E-state index contributed by atoms with van der Waals surface area (Å²) in [6, 6.07) is 3.67. The Morgan fingerprint density at radius 2 is 2.11 bits per heavy atom. The molecule has 0 saturated heterocycles. The zero-order valence-corrected chi connectivity index (χ0v) is 11.1. The van der Waals surface area contributed by atoms with Gasteiger partial charge in [-0.2, -0.15) is 4.98 Å². The summed E-state index contributed by atoms with van der Waals surface area (Å²) >= 11 is 6.07. The van der Waals surface area contributed by atoms with Gasteiger partial charge in [-0.05, 0) is 24.1 Å². The summed E-state index contributed by atoms with van der Waals surface area (Å²) in [5.41, 5.74) is 0.565. The predicted octanol–water partition coefficient (Wildman–Crippen LogP) is 4.02. The van der Waals surface area contributed by atoms with Gasteiger partial charge in [-0.1, -0.05) is 24.6 Å². The van der Waals surface area contributed by atoms with E-state index in [4.69, 9.17) is 16.1 Å². The van der Waals surface area contributed by atoms with E-state index < -0.39 is 11.6 Å². The largest absolute Gasteiger partial charge is 0.339 e. The first-order valence-electron chi connectivity index (χ1n) is 6.00. The first kappa shape index (κ1) is 13.9. The van der Waals surface area contributed by atoms with Gasteiger partial charge in [0.05, 0.1) is 11.8 Å². The highest BCUT2D eigenvalue weighted by atomic mass is 35.5. The van der Waals surface area contributed by atoms with Crippen molar-refractivity contribution in [3.8, 4) is 0 Å². The summed E-state index contributed by atoms with van der Waals surface area (Å²) < 4.78 is 30.9. The van der Waals surface area contributed by atoms with Gasteiger partial charge in [-0.3, -0.25) is 0 Å². The Bertz CT molecular complexity index is 559. The number of hydrogen-bond acceptors (Lipinski definition) is 3. The Balaban J connectivity index is 2.09. The van der Waals surface area contributed by atoms with E-state index in [-0.39, 0.29) is 11.8 Å². The van der Waals surface area contributed by atoms with E-state index in [1.165, 1.54) is 6.07 Å². The summed E-state index contributed by atoms with van der Waals surface area (Å²) in [5.74, 6) is -0.999. The van der Waals surface area contributed by atoms with Crippen LogP contribution in [0.4, 0.5) is 8.78 Å². The van der Waals surface area contributed by atoms with E-state index in [9.17, 15) is 8.78 Å². The van der Waals surface area contributed by atoms with Crippen LogP contribution < -0.4 is 0 Å². The predicted molar refractivity (Wildman–Crippen MR) is 67.0 cm³/mol. The number of rotatable bonds is 5. The molecule has 1 heterocycles. The van der Waals surface area contributed by atoms with Crippen LogP contribution in [0.1, 0.15) is 42.4 Å². The maximum absolute atomic E-state index is 13.1. The van der Waals surface area contributed by atoms with E-state index in [1.807, 2.05) is 6.92 Å². The Hall–Kier alpha value is -1.49. The molecule has 0 bridgehead atoms. The monoisotopic (exact) mass is 286 g/mol. The van der Waals surface area contributed by atoms with Crippen molar-refractivity contribution in [2.45, 2.75) is 31.6 Å². The second-order valence-corrected chi connectivity index (χ2v) is 4.75. The van der Waals surface area contributed by atoms with Crippen LogP contribution in [-0.2, 0) is 6.42 Å². The lowest BCUT2D eigenvalue weighted by Crippen LogP contribution is -1.95. The minimum absolute atomic E-state index is 0.250. The molecule has 0 N–H and O–H groups in total. The van der Waals surface area contributed by atoms with Crippen molar-refractivity contribution in [3.63, 3.8) is 0 Å². The van der Waals surface area contributed by atoms with Crippen molar-refractivity contribution in [3.05, 3.63) is 47.1 Å². The molecule has 1 atom stereocenters. The van der Waals surface area contributed by atoms with Gasteiger partial charge < -0.3 is 4.52 Å². The summed E-state index contributed by atoms with van der Waals surface area (Å²) in [6.07, 6.45) is 1.92. The molecule has 0 fully saturated rings. The van der Waals surface area contributed by atoms with Gasteiger partial charge >= 0.3 is 0 Å². The first-order valence-corrected chi connectivity index (χ1v) is 6.44. The molecular weight excluding hydrogens is 274 g/mol. The van der Waals surface area contributed by atoms with Crippen LogP contribution in [0.15, 0.2) is 22.7 Å². The molecule has 0 saturated carbocycles. The molecule has 1 aromatic carbocycles. The standard InChI is InChI=1S/C13H13ClF2N2O/c1-2-3-9(14)13-17-12(19-18-13)7-8-4-5-10(15)11(16)6-8/h4-6,9H,2-3,7H2,1H3. The average Bonchev–Trinajstić information content (AvgIpc) is 2.83. The van der Waals surface area contributed by atoms with Crippen molar-refractivity contribution in [2.24, 2.45) is 0 Å². The van der Waals surface area contributed by atoms with Crippen LogP contribution in [0, 0.1) is 11.6 Å². The van der Waals surface area contributed by atoms with Gasteiger partial charge in [0.15, 0.2) is 17.5 Å². The molecule has 1 aromatic heterocycles. The van der Waals surface area contributed by atoms with E-state index >= 15 is 0 Å². The molecule has 3 nitrogen and oxygen atoms in total. The maximum Gasteiger partial charge on any atom is 0.231 e. The van der Waals surface area contributed by atoms with Crippen LogP contribution in [0.2, 0.25) is 0 Å². The lowest BCUT2D eigenvalue weighted by molar-refractivity contribution is 0.378. The highest BCUT2D eigenvalue weighted by Crippen LogP contribution is 2.23. The molecule has 2 aromatic rings. The second kappa shape index (κ2) is 6.10. The number of nitrogens with zero attached hydrogens (tertiary/aromatic N) is 2. The van der Waals surface area contributed by atoms with Crippen LogP contribution in [0.5, 0.6) is 0 Å². The van der Waals surface area contributed by atoms with Crippen molar-refractivity contribution < 1.29 is 13.3 Å². The number of alkyl halides is 1. The van der Waals surface area contributed by atoms with E-state index in [2.05, 4.69) is 10.1 Å². The molecule has 0 aliphatic heterocycles. The lowest BCUT2D eigenvalue weighted by Gasteiger charge is -2.00. The highest BCUT2D eigenvalue weighted by molar-refractivity contribution is 6.20. The highest BCUT2D eigenvalue weighted by Gasteiger charge is 2.15. The van der Waals surface area contributed by atoms with Crippen LogP contribution in [-0.4, -0.2) is 10.1 Å². The molecule has 0 amide bonds. The lowest BCUT2D eigenvalue weighted by atomic mass is 10.1. The van der Waals surface area contributed by atoms with E-state index in [1.54, 1.807) is 0 Å². The molecule has 6 heteroatoms. The molecule has 0 radical (unpaired) electrons. The zero-order valence-electron chi connectivity index (χ0n) is 10.4. The number of halogens is 3. The van der Waals surface area contributed by atoms with Gasteiger partial charge in [-0.25, -0.2) is 8.78 Å². The quantitative estimate of drug-likeness (QED) is 0.779. The summed E-state index contributed by atoms with van der Waals surface area (Å²) in [4.78, 5) is 4.15. The Morgan fingerprint density at radius 3 is 2.79 bits per heavy atom. The Morgan fingerprint density at radius 1 is 1.32 bits per heavy atom. The molecule has 0 aliphatic rings. The number of aromatic nitrogens is 2. The average molecular weight is 287 g/mol. The van der Waals surface area contributed by atoms with Gasteiger partial charge in [0, 0.05) is 0 Å².